The minimum atomic E-state index is -4.14. The molecule has 1 saturated carbocycles. The van der Waals surface area contributed by atoms with Crippen LogP contribution in [0.4, 0.5) is 5.82 Å². The van der Waals surface area contributed by atoms with Gasteiger partial charge in [0.2, 0.25) is 0 Å². The van der Waals surface area contributed by atoms with Crippen molar-refractivity contribution in [2.45, 2.75) is 62.8 Å². The topological polar surface area (TPSA) is 111 Å². The first kappa shape index (κ1) is 24.2. The Morgan fingerprint density at radius 3 is 2.44 bits per heavy atom. The van der Waals surface area contributed by atoms with Gasteiger partial charge < -0.3 is 10.5 Å². The fourth-order valence-corrected chi connectivity index (χ4v) is 5.20. The maximum atomic E-state index is 13.1. The first-order valence-corrected chi connectivity index (χ1v) is 12.4. The minimum absolute atomic E-state index is 0.0726. The molecule has 0 unspecified atom stereocenters. The minimum Gasteiger partial charge on any atom is -0.384 e. The van der Waals surface area contributed by atoms with Crippen molar-refractivity contribution in [1.82, 2.24) is 9.71 Å². The average Bonchev–Trinajstić information content (AvgIpc) is 2.73. The standard InChI is InChI=1S/C24H33N3O4S/c1-24(2,3)18-12-13-19(20(14-18)17-10-8-16(9-11-17)15-31-4)23(28)27-32(29,30)22-7-5-6-21(25)26-22/h5-7,12-14,16-17H,8-11,15H2,1-4H3,(H2,25,26)(H,27,28). The number of rotatable bonds is 6. The third-order valence-electron chi connectivity index (χ3n) is 6.10. The molecule has 3 rings (SSSR count). The van der Waals surface area contributed by atoms with Crippen LogP contribution in [0.1, 0.15) is 73.9 Å². The zero-order valence-electron chi connectivity index (χ0n) is 19.2. The largest absolute Gasteiger partial charge is 0.384 e. The molecule has 1 aromatic carbocycles. The highest BCUT2D eigenvalue weighted by molar-refractivity contribution is 7.90. The number of nitrogens with one attached hydrogen (secondary N) is 1. The van der Waals surface area contributed by atoms with Crippen LogP contribution in [0.3, 0.4) is 0 Å². The molecule has 0 atom stereocenters. The number of nitrogens with two attached hydrogens (primary N) is 1. The number of ether oxygens (including phenoxy) is 1. The van der Waals surface area contributed by atoms with E-state index in [1.165, 1.54) is 18.2 Å². The van der Waals surface area contributed by atoms with Gasteiger partial charge in [0.1, 0.15) is 5.82 Å². The highest BCUT2D eigenvalue weighted by atomic mass is 32.2. The van der Waals surface area contributed by atoms with Gasteiger partial charge in [-0.05, 0) is 72.3 Å². The van der Waals surface area contributed by atoms with Crippen molar-refractivity contribution in [3.63, 3.8) is 0 Å². The summed E-state index contributed by atoms with van der Waals surface area (Å²) in [7, 11) is -2.42. The Balaban J connectivity index is 1.92. The van der Waals surface area contributed by atoms with Gasteiger partial charge in [0.05, 0.1) is 0 Å². The first-order valence-electron chi connectivity index (χ1n) is 10.9. The van der Waals surface area contributed by atoms with Crippen molar-refractivity contribution in [2.24, 2.45) is 5.92 Å². The summed E-state index contributed by atoms with van der Waals surface area (Å²) in [5.41, 5.74) is 7.93. The van der Waals surface area contributed by atoms with Crippen LogP contribution in [0.25, 0.3) is 0 Å². The van der Waals surface area contributed by atoms with E-state index >= 15 is 0 Å². The molecule has 1 aliphatic carbocycles. The molecule has 1 fully saturated rings. The van der Waals surface area contributed by atoms with E-state index in [1.807, 2.05) is 6.07 Å². The van der Waals surface area contributed by atoms with E-state index < -0.39 is 15.9 Å². The Morgan fingerprint density at radius 1 is 1.16 bits per heavy atom. The zero-order valence-corrected chi connectivity index (χ0v) is 20.0. The molecular formula is C24H33N3O4S. The number of pyridine rings is 1. The Morgan fingerprint density at radius 2 is 1.84 bits per heavy atom. The summed E-state index contributed by atoms with van der Waals surface area (Å²) in [5.74, 6) is 0.140. The van der Waals surface area contributed by atoms with Gasteiger partial charge in [0.25, 0.3) is 15.9 Å². The van der Waals surface area contributed by atoms with Crippen molar-refractivity contribution in [2.75, 3.05) is 19.5 Å². The molecule has 1 heterocycles. The third kappa shape index (κ3) is 5.66. The predicted octanol–water partition coefficient (Wildman–Crippen LogP) is 4.00. The number of carbonyl (C=O) groups excluding carboxylic acids is 1. The Kier molecular flexibility index (Phi) is 7.25. The van der Waals surface area contributed by atoms with E-state index in [1.54, 1.807) is 13.2 Å². The van der Waals surface area contributed by atoms with Crippen LogP contribution in [-0.4, -0.2) is 33.0 Å². The average molecular weight is 460 g/mol. The second-order valence-electron chi connectivity index (χ2n) is 9.56. The number of methoxy groups -OCH3 is 1. The van der Waals surface area contributed by atoms with Crippen LogP contribution in [0, 0.1) is 5.92 Å². The molecule has 8 heteroatoms. The zero-order chi connectivity index (χ0) is 23.5. The monoisotopic (exact) mass is 459 g/mol. The normalized spacial score (nSPS) is 19.5. The number of benzene rings is 1. The summed E-state index contributed by atoms with van der Waals surface area (Å²) in [4.78, 5) is 17.0. The lowest BCUT2D eigenvalue weighted by Crippen LogP contribution is -2.32. The molecule has 0 saturated heterocycles. The molecule has 3 N–H and O–H groups in total. The maximum Gasteiger partial charge on any atom is 0.281 e. The number of sulfonamides is 1. The van der Waals surface area contributed by atoms with Crippen LogP contribution in [-0.2, 0) is 20.2 Å². The highest BCUT2D eigenvalue weighted by Crippen LogP contribution is 2.39. The molecule has 0 aliphatic heterocycles. The summed E-state index contributed by atoms with van der Waals surface area (Å²) in [6.45, 7) is 7.11. The van der Waals surface area contributed by atoms with Crippen LogP contribution >= 0.6 is 0 Å². The number of aromatic nitrogens is 1. The summed E-state index contributed by atoms with van der Waals surface area (Å²) in [6.07, 6.45) is 3.91. The lowest BCUT2D eigenvalue weighted by Gasteiger charge is -2.31. The fraction of sp³-hybridized carbons (Fsp3) is 0.500. The molecule has 0 bridgehead atoms. The molecule has 174 valence electrons. The number of nitrogens with zero attached hydrogens (tertiary/aromatic N) is 1. The Hall–Kier alpha value is -2.45. The molecule has 2 aromatic rings. The second-order valence-corrected chi connectivity index (χ2v) is 11.2. The Bertz CT molecular complexity index is 1070. The number of nitrogen functional groups attached to an aromatic ring is 1. The van der Waals surface area contributed by atoms with Crippen LogP contribution in [0.5, 0.6) is 0 Å². The van der Waals surface area contributed by atoms with Gasteiger partial charge in [-0.25, -0.2) is 9.71 Å². The van der Waals surface area contributed by atoms with Crippen LogP contribution < -0.4 is 10.5 Å². The maximum absolute atomic E-state index is 13.1. The number of hydrogen-bond donors (Lipinski definition) is 2. The van der Waals surface area contributed by atoms with E-state index in [2.05, 4.69) is 36.5 Å². The molecule has 1 amide bonds. The van der Waals surface area contributed by atoms with Gasteiger partial charge in [0, 0.05) is 19.3 Å². The van der Waals surface area contributed by atoms with Crippen LogP contribution in [0.2, 0.25) is 0 Å². The van der Waals surface area contributed by atoms with Gasteiger partial charge in [-0.3, -0.25) is 4.79 Å². The van der Waals surface area contributed by atoms with E-state index in [-0.39, 0.29) is 22.2 Å². The lowest BCUT2D eigenvalue weighted by molar-refractivity contribution is 0.0978. The van der Waals surface area contributed by atoms with Crippen molar-refractivity contribution in [1.29, 1.82) is 0 Å². The molecule has 0 spiro atoms. The van der Waals surface area contributed by atoms with E-state index in [0.29, 0.717) is 11.5 Å². The highest BCUT2D eigenvalue weighted by Gasteiger charge is 2.29. The van der Waals surface area contributed by atoms with Crippen LogP contribution in [0.15, 0.2) is 41.4 Å². The molecule has 1 aromatic heterocycles. The Labute approximate surface area is 190 Å². The van der Waals surface area contributed by atoms with Gasteiger partial charge in [-0.2, -0.15) is 8.42 Å². The number of amides is 1. The fourth-order valence-electron chi connectivity index (χ4n) is 4.26. The quantitative estimate of drug-likeness (QED) is 0.675. The summed E-state index contributed by atoms with van der Waals surface area (Å²) >= 11 is 0. The smallest absolute Gasteiger partial charge is 0.281 e. The van der Waals surface area contributed by atoms with E-state index in [4.69, 9.17) is 10.5 Å². The second kappa shape index (κ2) is 9.58. The van der Waals surface area contributed by atoms with Gasteiger partial charge in [-0.15, -0.1) is 0 Å². The molecular weight excluding hydrogens is 426 g/mol. The van der Waals surface area contributed by atoms with Gasteiger partial charge >= 0.3 is 0 Å². The van der Waals surface area contributed by atoms with Gasteiger partial charge in [0.15, 0.2) is 5.03 Å². The van der Waals surface area contributed by atoms with E-state index in [0.717, 1.165) is 43.4 Å². The molecule has 32 heavy (non-hydrogen) atoms. The summed E-state index contributed by atoms with van der Waals surface area (Å²) in [6, 6.07) is 10.0. The SMILES string of the molecule is COCC1CCC(c2cc(C(C)(C)C)ccc2C(=O)NS(=O)(=O)c2cccc(N)n2)CC1. The lowest BCUT2D eigenvalue weighted by atomic mass is 9.75. The van der Waals surface area contributed by atoms with Crippen molar-refractivity contribution in [3.8, 4) is 0 Å². The first-order chi connectivity index (χ1) is 15.0. The van der Waals surface area contributed by atoms with Crippen molar-refractivity contribution in [3.05, 3.63) is 53.1 Å². The molecule has 7 nitrogen and oxygen atoms in total. The number of anilines is 1. The van der Waals surface area contributed by atoms with Crippen molar-refractivity contribution < 1.29 is 17.9 Å². The molecule has 1 aliphatic rings. The van der Waals surface area contributed by atoms with Crippen molar-refractivity contribution >= 4 is 21.7 Å². The third-order valence-corrected chi connectivity index (χ3v) is 7.33. The van der Waals surface area contributed by atoms with Gasteiger partial charge in [-0.1, -0.05) is 39.0 Å². The number of carbonyl (C=O) groups is 1. The number of hydrogen-bond acceptors (Lipinski definition) is 6. The summed E-state index contributed by atoms with van der Waals surface area (Å²) < 4.78 is 33.0. The predicted molar refractivity (Wildman–Crippen MR) is 125 cm³/mol. The van der Waals surface area contributed by atoms with E-state index in [9.17, 15) is 13.2 Å². The summed E-state index contributed by atoms with van der Waals surface area (Å²) in [5, 5.41) is -0.279. The molecule has 0 radical (unpaired) electrons.